The van der Waals surface area contributed by atoms with Crippen LogP contribution in [-0.4, -0.2) is 6.54 Å². The molecule has 0 atom stereocenters. The van der Waals surface area contributed by atoms with E-state index in [4.69, 9.17) is 11.6 Å². The molecule has 1 rings (SSSR count). The summed E-state index contributed by atoms with van der Waals surface area (Å²) in [5, 5.41) is 2.56. The van der Waals surface area contributed by atoms with E-state index in [2.05, 4.69) is 11.9 Å². The predicted molar refractivity (Wildman–Crippen MR) is 49.8 cm³/mol. The zero-order chi connectivity index (χ0) is 10.7. The van der Waals surface area contributed by atoms with E-state index in [0.29, 0.717) is 12.1 Å². The summed E-state index contributed by atoms with van der Waals surface area (Å²) in [4.78, 5) is 0. The van der Waals surface area contributed by atoms with Crippen molar-refractivity contribution in [2.45, 2.75) is 0 Å². The van der Waals surface area contributed by atoms with Crippen molar-refractivity contribution in [3.63, 3.8) is 0 Å². The highest BCUT2D eigenvalue weighted by molar-refractivity contribution is 6.29. The lowest BCUT2D eigenvalue weighted by molar-refractivity contribution is 0.548. The zero-order valence-corrected chi connectivity index (χ0v) is 7.84. The molecule has 0 aromatic heterocycles. The molecule has 14 heavy (non-hydrogen) atoms. The Morgan fingerprint density at radius 2 is 1.79 bits per heavy atom. The van der Waals surface area contributed by atoms with Gasteiger partial charge in [-0.2, -0.15) is 0 Å². The van der Waals surface area contributed by atoms with Gasteiger partial charge in [0.05, 0.1) is 6.54 Å². The SMILES string of the molecule is C=C(Cl)CNc1c(F)cc(F)cc1F. The largest absolute Gasteiger partial charge is 0.375 e. The van der Waals surface area contributed by atoms with Crippen molar-refractivity contribution < 1.29 is 13.2 Å². The molecule has 0 amide bonds. The molecule has 76 valence electrons. The van der Waals surface area contributed by atoms with E-state index < -0.39 is 23.1 Å². The Bertz CT molecular complexity index is 342. The fraction of sp³-hybridized carbons (Fsp3) is 0.111. The van der Waals surface area contributed by atoms with E-state index in [1.54, 1.807) is 0 Å². The van der Waals surface area contributed by atoms with Crippen LogP contribution in [0.2, 0.25) is 0 Å². The first kappa shape index (κ1) is 10.9. The zero-order valence-electron chi connectivity index (χ0n) is 7.08. The van der Waals surface area contributed by atoms with Crippen molar-refractivity contribution in [1.82, 2.24) is 0 Å². The molecular formula is C9H7ClF3N. The van der Waals surface area contributed by atoms with E-state index in [9.17, 15) is 13.2 Å². The molecule has 0 fully saturated rings. The monoisotopic (exact) mass is 221 g/mol. The van der Waals surface area contributed by atoms with E-state index >= 15 is 0 Å². The summed E-state index contributed by atoms with van der Waals surface area (Å²) in [6.07, 6.45) is 0. The van der Waals surface area contributed by atoms with Crippen molar-refractivity contribution in [2.24, 2.45) is 0 Å². The van der Waals surface area contributed by atoms with Gasteiger partial charge in [0.2, 0.25) is 0 Å². The number of hydrogen-bond acceptors (Lipinski definition) is 1. The van der Waals surface area contributed by atoms with Gasteiger partial charge in [-0.3, -0.25) is 0 Å². The standard InChI is InChI=1S/C9H7ClF3N/c1-5(10)4-14-9-7(12)2-6(11)3-8(9)13/h2-3,14H,1,4H2. The van der Waals surface area contributed by atoms with Gasteiger partial charge in [-0.05, 0) is 0 Å². The normalized spacial score (nSPS) is 10.0. The Morgan fingerprint density at radius 1 is 1.29 bits per heavy atom. The first-order valence-corrected chi connectivity index (χ1v) is 4.10. The van der Waals surface area contributed by atoms with Crippen molar-refractivity contribution in [2.75, 3.05) is 11.9 Å². The molecule has 0 bridgehead atoms. The molecule has 0 saturated carbocycles. The topological polar surface area (TPSA) is 12.0 Å². The maximum absolute atomic E-state index is 12.9. The maximum atomic E-state index is 12.9. The molecule has 0 aliphatic heterocycles. The Labute approximate surface area is 84.2 Å². The van der Waals surface area contributed by atoms with Crippen LogP contribution in [0.15, 0.2) is 23.7 Å². The van der Waals surface area contributed by atoms with E-state index in [1.165, 1.54) is 0 Å². The lowest BCUT2D eigenvalue weighted by atomic mass is 10.3. The van der Waals surface area contributed by atoms with Crippen molar-refractivity contribution >= 4 is 17.3 Å². The Kier molecular flexibility index (Phi) is 3.41. The van der Waals surface area contributed by atoms with Gasteiger partial charge in [0.15, 0.2) is 11.6 Å². The minimum absolute atomic E-state index is 0.0149. The fourth-order valence-electron chi connectivity index (χ4n) is 0.895. The van der Waals surface area contributed by atoms with Gasteiger partial charge in [0.1, 0.15) is 11.5 Å². The van der Waals surface area contributed by atoms with E-state index in [1.807, 2.05) is 0 Å². The molecule has 0 heterocycles. The maximum Gasteiger partial charge on any atom is 0.152 e. The summed E-state index contributed by atoms with van der Waals surface area (Å²) >= 11 is 5.39. The van der Waals surface area contributed by atoms with Crippen LogP contribution in [0.1, 0.15) is 0 Å². The first-order chi connectivity index (χ1) is 6.50. The van der Waals surface area contributed by atoms with Crippen LogP contribution < -0.4 is 5.32 Å². The van der Waals surface area contributed by atoms with Gasteiger partial charge in [-0.25, -0.2) is 13.2 Å². The molecule has 0 saturated heterocycles. The quantitative estimate of drug-likeness (QED) is 0.826. The molecule has 0 radical (unpaired) electrons. The second-order valence-corrected chi connectivity index (χ2v) is 3.15. The van der Waals surface area contributed by atoms with E-state index in [-0.39, 0.29) is 11.6 Å². The van der Waals surface area contributed by atoms with Crippen molar-refractivity contribution in [3.05, 3.63) is 41.2 Å². The Balaban J connectivity index is 2.91. The molecule has 0 spiro atoms. The highest BCUT2D eigenvalue weighted by Gasteiger charge is 2.10. The van der Waals surface area contributed by atoms with Gasteiger partial charge < -0.3 is 5.32 Å². The molecule has 1 N–H and O–H groups in total. The third-order valence-corrected chi connectivity index (χ3v) is 1.60. The van der Waals surface area contributed by atoms with Crippen LogP contribution in [0.4, 0.5) is 18.9 Å². The predicted octanol–water partition coefficient (Wildman–Crippen LogP) is 3.27. The van der Waals surface area contributed by atoms with Crippen LogP contribution in [0.3, 0.4) is 0 Å². The lowest BCUT2D eigenvalue weighted by Crippen LogP contribution is -2.05. The first-order valence-electron chi connectivity index (χ1n) is 3.72. The molecule has 0 unspecified atom stereocenters. The third-order valence-electron chi connectivity index (χ3n) is 1.46. The third kappa shape index (κ3) is 2.67. The van der Waals surface area contributed by atoms with Crippen LogP contribution in [0.25, 0.3) is 0 Å². The summed E-state index contributed by atoms with van der Waals surface area (Å²) in [6.45, 7) is 3.35. The number of halogens is 4. The average molecular weight is 222 g/mol. The van der Waals surface area contributed by atoms with Crippen LogP contribution in [-0.2, 0) is 0 Å². The Hall–Kier alpha value is -1.16. The number of benzene rings is 1. The second-order valence-electron chi connectivity index (χ2n) is 2.62. The summed E-state index contributed by atoms with van der Waals surface area (Å²) in [5.74, 6) is -2.96. The molecule has 0 aliphatic rings. The van der Waals surface area contributed by atoms with Gasteiger partial charge in [-0.15, -0.1) is 0 Å². The summed E-state index contributed by atoms with van der Waals surface area (Å²) in [6, 6.07) is 1.17. The van der Waals surface area contributed by atoms with Crippen molar-refractivity contribution in [1.29, 1.82) is 0 Å². The molecule has 0 aliphatic carbocycles. The number of hydrogen-bond donors (Lipinski definition) is 1. The summed E-state index contributed by atoms with van der Waals surface area (Å²) in [7, 11) is 0. The molecule has 1 aromatic carbocycles. The van der Waals surface area contributed by atoms with Gasteiger partial charge in [0, 0.05) is 17.2 Å². The van der Waals surface area contributed by atoms with Crippen molar-refractivity contribution in [3.8, 4) is 0 Å². The van der Waals surface area contributed by atoms with Crippen LogP contribution >= 0.6 is 11.6 Å². The summed E-state index contributed by atoms with van der Waals surface area (Å²) < 4.78 is 38.3. The van der Waals surface area contributed by atoms with Gasteiger partial charge >= 0.3 is 0 Å². The molecular weight excluding hydrogens is 215 g/mol. The van der Waals surface area contributed by atoms with Crippen LogP contribution in [0.5, 0.6) is 0 Å². The lowest BCUT2D eigenvalue weighted by Gasteiger charge is -2.07. The van der Waals surface area contributed by atoms with E-state index in [0.717, 1.165) is 0 Å². The molecule has 5 heteroatoms. The minimum atomic E-state index is -1.000. The fourth-order valence-corrected chi connectivity index (χ4v) is 0.962. The minimum Gasteiger partial charge on any atom is -0.375 e. The number of anilines is 1. The van der Waals surface area contributed by atoms with Crippen LogP contribution in [0, 0.1) is 17.5 Å². The second kappa shape index (κ2) is 4.37. The number of rotatable bonds is 3. The highest BCUT2D eigenvalue weighted by Crippen LogP contribution is 2.20. The highest BCUT2D eigenvalue weighted by atomic mass is 35.5. The average Bonchev–Trinajstić information content (AvgIpc) is 2.01. The molecule has 1 aromatic rings. The van der Waals surface area contributed by atoms with Gasteiger partial charge in [-0.1, -0.05) is 18.2 Å². The Morgan fingerprint density at radius 3 is 2.21 bits per heavy atom. The summed E-state index contributed by atoms with van der Waals surface area (Å²) in [5.41, 5.74) is -0.409. The van der Waals surface area contributed by atoms with Gasteiger partial charge in [0.25, 0.3) is 0 Å². The molecule has 1 nitrogen and oxygen atoms in total. The number of nitrogens with one attached hydrogen (secondary N) is 1. The smallest absolute Gasteiger partial charge is 0.152 e.